The fraction of sp³-hybridized carbons (Fsp3) is 0.143. The van der Waals surface area contributed by atoms with E-state index in [0.717, 1.165) is 9.86 Å². The van der Waals surface area contributed by atoms with Gasteiger partial charge >= 0.3 is 5.97 Å². The Hall–Kier alpha value is -4.15. The summed E-state index contributed by atoms with van der Waals surface area (Å²) in [6, 6.07) is 17.7. The molecule has 2 heterocycles. The van der Waals surface area contributed by atoms with Crippen molar-refractivity contribution in [1.29, 1.82) is 0 Å². The molecule has 0 N–H and O–H groups in total. The SMILES string of the molecule is CCOc1cc(C=Nn2c(-c3cc4cc(Br)ccc4o3)nc3ccccc3c2=O)cc(Cl)c1OCC(=O)OC. The first-order chi connectivity index (χ1) is 18.9. The van der Waals surface area contributed by atoms with Gasteiger partial charge in [-0.2, -0.15) is 9.78 Å². The van der Waals surface area contributed by atoms with Crippen molar-refractivity contribution >= 4 is 61.6 Å². The van der Waals surface area contributed by atoms with Gasteiger partial charge < -0.3 is 18.6 Å². The summed E-state index contributed by atoms with van der Waals surface area (Å²) in [5.41, 5.74) is 1.30. The lowest BCUT2D eigenvalue weighted by atomic mass is 10.2. The molecule has 198 valence electrons. The predicted octanol–water partition coefficient (Wildman–Crippen LogP) is 6.06. The van der Waals surface area contributed by atoms with E-state index in [1.807, 2.05) is 24.3 Å². The summed E-state index contributed by atoms with van der Waals surface area (Å²) in [4.78, 5) is 29.8. The van der Waals surface area contributed by atoms with Gasteiger partial charge in [0, 0.05) is 9.86 Å². The number of nitrogens with zero attached hydrogens (tertiary/aromatic N) is 3. The Bertz CT molecular complexity index is 1800. The van der Waals surface area contributed by atoms with Crippen LogP contribution < -0.4 is 15.0 Å². The Morgan fingerprint density at radius 3 is 2.77 bits per heavy atom. The molecule has 3 aromatic carbocycles. The van der Waals surface area contributed by atoms with Crippen LogP contribution in [0.25, 0.3) is 33.5 Å². The number of aromatic nitrogens is 2. The second-order valence-corrected chi connectivity index (χ2v) is 9.56. The van der Waals surface area contributed by atoms with Gasteiger partial charge in [-0.3, -0.25) is 4.79 Å². The van der Waals surface area contributed by atoms with Gasteiger partial charge in [0.1, 0.15) is 5.58 Å². The molecule has 0 aliphatic carbocycles. The van der Waals surface area contributed by atoms with E-state index in [1.54, 1.807) is 43.3 Å². The summed E-state index contributed by atoms with van der Waals surface area (Å²) >= 11 is 9.92. The Morgan fingerprint density at radius 2 is 1.97 bits per heavy atom. The van der Waals surface area contributed by atoms with Crippen LogP contribution in [0, 0.1) is 0 Å². The van der Waals surface area contributed by atoms with E-state index in [-0.39, 0.29) is 28.8 Å². The quantitative estimate of drug-likeness (QED) is 0.155. The van der Waals surface area contributed by atoms with Crippen LogP contribution in [0.15, 0.2) is 79.4 Å². The summed E-state index contributed by atoms with van der Waals surface area (Å²) in [5, 5.41) is 5.90. The molecule has 39 heavy (non-hydrogen) atoms. The van der Waals surface area contributed by atoms with E-state index in [9.17, 15) is 9.59 Å². The smallest absolute Gasteiger partial charge is 0.343 e. The Kier molecular flexibility index (Phi) is 7.67. The molecule has 0 aliphatic heterocycles. The zero-order chi connectivity index (χ0) is 27.5. The number of furan rings is 1. The van der Waals surface area contributed by atoms with Crippen molar-refractivity contribution in [3.05, 3.63) is 86.1 Å². The summed E-state index contributed by atoms with van der Waals surface area (Å²) in [6.45, 7) is 1.79. The number of hydrogen-bond acceptors (Lipinski definition) is 8. The van der Waals surface area contributed by atoms with Gasteiger partial charge in [-0.25, -0.2) is 9.78 Å². The third kappa shape index (κ3) is 5.52. The lowest BCUT2D eigenvalue weighted by molar-refractivity contribution is -0.142. The molecule has 5 rings (SSSR count). The monoisotopic (exact) mass is 609 g/mol. The molecular weight excluding hydrogens is 590 g/mol. The summed E-state index contributed by atoms with van der Waals surface area (Å²) in [5.74, 6) is 0.550. The van der Waals surface area contributed by atoms with E-state index >= 15 is 0 Å². The molecule has 0 atom stereocenters. The lowest BCUT2D eigenvalue weighted by Crippen LogP contribution is -2.20. The molecule has 0 fully saturated rings. The molecule has 2 aromatic heterocycles. The summed E-state index contributed by atoms with van der Waals surface area (Å²) in [7, 11) is 1.26. The van der Waals surface area contributed by atoms with Crippen LogP contribution >= 0.6 is 27.5 Å². The maximum atomic E-state index is 13.5. The van der Waals surface area contributed by atoms with Gasteiger partial charge in [0.05, 0.1) is 35.9 Å². The first kappa shape index (κ1) is 26.5. The average Bonchev–Trinajstić information content (AvgIpc) is 3.35. The molecule has 0 saturated heterocycles. The number of halogens is 2. The number of fused-ring (bicyclic) bond motifs is 2. The maximum absolute atomic E-state index is 13.5. The Morgan fingerprint density at radius 1 is 1.15 bits per heavy atom. The largest absolute Gasteiger partial charge is 0.490 e. The summed E-state index contributed by atoms with van der Waals surface area (Å²) < 4.78 is 23.9. The first-order valence-electron chi connectivity index (χ1n) is 11.8. The Balaban J connectivity index is 1.61. The molecule has 0 amide bonds. The molecule has 0 radical (unpaired) electrons. The maximum Gasteiger partial charge on any atom is 0.343 e. The fourth-order valence-electron chi connectivity index (χ4n) is 3.89. The van der Waals surface area contributed by atoms with Crippen LogP contribution in [0.3, 0.4) is 0 Å². The van der Waals surface area contributed by atoms with Crippen molar-refractivity contribution in [2.24, 2.45) is 5.10 Å². The number of methoxy groups -OCH3 is 1. The zero-order valence-electron chi connectivity index (χ0n) is 20.8. The number of para-hydroxylation sites is 1. The number of ether oxygens (including phenoxy) is 3. The molecule has 0 spiro atoms. The number of carbonyl (C=O) groups excluding carboxylic acids is 1. The summed E-state index contributed by atoms with van der Waals surface area (Å²) in [6.07, 6.45) is 1.46. The third-order valence-electron chi connectivity index (χ3n) is 5.67. The van der Waals surface area contributed by atoms with Gasteiger partial charge in [-0.15, -0.1) is 0 Å². The topological polar surface area (TPSA) is 105 Å². The van der Waals surface area contributed by atoms with Crippen LogP contribution in [0.2, 0.25) is 5.02 Å². The van der Waals surface area contributed by atoms with Gasteiger partial charge in [-0.05, 0) is 61.0 Å². The second-order valence-electron chi connectivity index (χ2n) is 8.23. The normalized spacial score (nSPS) is 11.4. The van der Waals surface area contributed by atoms with E-state index in [4.69, 9.17) is 30.5 Å². The van der Waals surface area contributed by atoms with Crippen molar-refractivity contribution in [1.82, 2.24) is 9.66 Å². The number of rotatable bonds is 8. The predicted molar refractivity (Wildman–Crippen MR) is 152 cm³/mol. The molecule has 9 nitrogen and oxygen atoms in total. The van der Waals surface area contributed by atoms with Crippen molar-refractivity contribution in [2.75, 3.05) is 20.3 Å². The standard InChI is InChI=1S/C28H21BrClN3O6/c1-3-37-23-11-16(10-20(30)26(23)38-15-25(34)36-2)14-31-33-27(32-21-7-5-4-6-19(21)28(33)35)24-13-17-12-18(29)8-9-22(17)39-24/h4-14H,3,15H2,1-2H3. The first-order valence-corrected chi connectivity index (χ1v) is 13.0. The number of benzene rings is 3. The number of carbonyl (C=O) groups is 1. The molecule has 0 saturated carbocycles. The molecule has 5 aromatic rings. The van der Waals surface area contributed by atoms with E-state index in [1.165, 1.54) is 18.0 Å². The van der Waals surface area contributed by atoms with Gasteiger partial charge in [0.25, 0.3) is 5.56 Å². The number of hydrogen-bond donors (Lipinski definition) is 0. The highest BCUT2D eigenvalue weighted by atomic mass is 79.9. The molecule has 0 unspecified atom stereocenters. The molecular formula is C28H21BrClN3O6. The number of esters is 1. The minimum atomic E-state index is -0.562. The Labute approximate surface area is 235 Å². The third-order valence-corrected chi connectivity index (χ3v) is 6.44. The zero-order valence-corrected chi connectivity index (χ0v) is 23.2. The van der Waals surface area contributed by atoms with E-state index in [0.29, 0.717) is 40.2 Å². The van der Waals surface area contributed by atoms with E-state index in [2.05, 4.69) is 25.8 Å². The highest BCUT2D eigenvalue weighted by Gasteiger charge is 2.18. The average molecular weight is 611 g/mol. The minimum absolute atomic E-state index is 0.193. The van der Waals surface area contributed by atoms with Crippen LogP contribution in [0.4, 0.5) is 0 Å². The van der Waals surface area contributed by atoms with Crippen LogP contribution in [0.5, 0.6) is 11.5 Å². The minimum Gasteiger partial charge on any atom is -0.490 e. The van der Waals surface area contributed by atoms with Gasteiger partial charge in [0.15, 0.2) is 23.9 Å². The van der Waals surface area contributed by atoms with Crippen molar-refractivity contribution < 1.29 is 23.4 Å². The lowest BCUT2D eigenvalue weighted by Gasteiger charge is -2.13. The van der Waals surface area contributed by atoms with Crippen molar-refractivity contribution in [3.8, 4) is 23.1 Å². The molecule has 11 heteroatoms. The van der Waals surface area contributed by atoms with Crippen LogP contribution in [0.1, 0.15) is 12.5 Å². The molecule has 0 aliphatic rings. The van der Waals surface area contributed by atoms with Crippen molar-refractivity contribution in [2.45, 2.75) is 6.92 Å². The second kappa shape index (κ2) is 11.3. The van der Waals surface area contributed by atoms with Gasteiger partial charge in [0.2, 0.25) is 5.82 Å². The molecule has 0 bridgehead atoms. The highest BCUT2D eigenvalue weighted by Crippen LogP contribution is 2.36. The van der Waals surface area contributed by atoms with Gasteiger partial charge in [-0.1, -0.05) is 39.7 Å². The fourth-order valence-corrected chi connectivity index (χ4v) is 4.55. The van der Waals surface area contributed by atoms with Crippen molar-refractivity contribution in [3.63, 3.8) is 0 Å². The highest BCUT2D eigenvalue weighted by molar-refractivity contribution is 9.10. The van der Waals surface area contributed by atoms with Crippen LogP contribution in [-0.2, 0) is 9.53 Å². The van der Waals surface area contributed by atoms with Crippen LogP contribution in [-0.4, -0.2) is 42.2 Å². The van der Waals surface area contributed by atoms with E-state index < -0.39 is 5.97 Å².